The number of anilines is 1. The molecule has 0 aliphatic carbocycles. The molecule has 4 aromatic rings. The first-order valence-corrected chi connectivity index (χ1v) is 10.1. The molecule has 0 fully saturated rings. The average Bonchev–Trinajstić information content (AvgIpc) is 3.21. The van der Waals surface area contributed by atoms with E-state index in [-0.39, 0.29) is 35.2 Å². The van der Waals surface area contributed by atoms with Crippen molar-refractivity contribution in [3.05, 3.63) is 71.4 Å². The van der Waals surface area contributed by atoms with E-state index < -0.39 is 23.8 Å². The number of aromatic nitrogens is 5. The topological polar surface area (TPSA) is 131 Å². The Bertz CT molecular complexity index is 1300. The van der Waals surface area contributed by atoms with Gasteiger partial charge in [-0.05, 0) is 36.1 Å². The third kappa shape index (κ3) is 4.56. The van der Waals surface area contributed by atoms with Gasteiger partial charge in [0.1, 0.15) is 23.8 Å². The molecule has 33 heavy (non-hydrogen) atoms. The number of rotatable bonds is 6. The van der Waals surface area contributed by atoms with Crippen LogP contribution in [0.1, 0.15) is 42.8 Å². The summed E-state index contributed by atoms with van der Waals surface area (Å²) in [5.74, 6) is -1.01. The largest absolute Gasteiger partial charge is 0.465 e. The van der Waals surface area contributed by atoms with Crippen molar-refractivity contribution in [1.29, 1.82) is 0 Å². The molecule has 1 amide bonds. The fourth-order valence-corrected chi connectivity index (χ4v) is 3.65. The molecule has 4 rings (SSSR count). The molecule has 4 N–H and O–H groups in total. The highest BCUT2D eigenvalue weighted by Gasteiger charge is 2.26. The first-order chi connectivity index (χ1) is 15.7. The highest BCUT2D eigenvalue weighted by atomic mass is 19.1. The lowest BCUT2D eigenvalue weighted by molar-refractivity contribution is 0.189. The van der Waals surface area contributed by atoms with E-state index in [1.165, 1.54) is 10.8 Å². The fourth-order valence-electron chi connectivity index (χ4n) is 3.65. The van der Waals surface area contributed by atoms with Crippen LogP contribution < -0.4 is 11.1 Å². The molecule has 0 unspecified atom stereocenters. The second-order valence-corrected chi connectivity index (χ2v) is 7.84. The number of hydrogen-bond acceptors (Lipinski definition) is 6. The highest BCUT2D eigenvalue weighted by Crippen LogP contribution is 2.34. The van der Waals surface area contributed by atoms with Gasteiger partial charge in [0.05, 0.1) is 11.7 Å². The molecule has 0 radical (unpaired) electrons. The van der Waals surface area contributed by atoms with Gasteiger partial charge in [-0.2, -0.15) is 14.6 Å². The van der Waals surface area contributed by atoms with Crippen LogP contribution in [-0.2, 0) is 6.42 Å². The van der Waals surface area contributed by atoms with Crippen LogP contribution in [0.2, 0.25) is 0 Å². The van der Waals surface area contributed by atoms with Crippen molar-refractivity contribution >= 4 is 17.7 Å². The van der Waals surface area contributed by atoms with Crippen LogP contribution in [0, 0.1) is 11.6 Å². The third-order valence-corrected chi connectivity index (χ3v) is 5.15. The summed E-state index contributed by atoms with van der Waals surface area (Å²) in [6.07, 6.45) is 1.47. The van der Waals surface area contributed by atoms with Gasteiger partial charge < -0.3 is 16.2 Å². The summed E-state index contributed by atoms with van der Waals surface area (Å²) in [5.41, 5.74) is 8.72. The SMILES string of the molecule is CC(C)c1ccc(-c2c([C@H](Cc3cc(F)cc(F)c3)NC(=O)O)nc3ncnn3c2N)cn1. The van der Waals surface area contributed by atoms with Gasteiger partial charge in [-0.3, -0.25) is 4.98 Å². The number of pyridine rings is 1. The molecule has 0 aliphatic heterocycles. The first-order valence-electron chi connectivity index (χ1n) is 10.1. The number of halogens is 2. The molecule has 1 aromatic carbocycles. The van der Waals surface area contributed by atoms with Gasteiger partial charge >= 0.3 is 6.09 Å². The van der Waals surface area contributed by atoms with Crippen molar-refractivity contribution in [3.8, 4) is 11.1 Å². The zero-order valence-corrected chi connectivity index (χ0v) is 17.8. The highest BCUT2D eigenvalue weighted by molar-refractivity contribution is 5.78. The van der Waals surface area contributed by atoms with E-state index in [2.05, 4.69) is 25.4 Å². The van der Waals surface area contributed by atoms with Gasteiger partial charge in [0.25, 0.3) is 5.78 Å². The van der Waals surface area contributed by atoms with Crippen LogP contribution in [0.15, 0.2) is 42.9 Å². The van der Waals surface area contributed by atoms with Crippen LogP contribution >= 0.6 is 0 Å². The molecule has 0 spiro atoms. The molecular formula is C22H21F2N7O2. The number of nitrogens with one attached hydrogen (secondary N) is 1. The minimum absolute atomic E-state index is 0.0811. The summed E-state index contributed by atoms with van der Waals surface area (Å²) >= 11 is 0. The predicted molar refractivity (Wildman–Crippen MR) is 116 cm³/mol. The lowest BCUT2D eigenvalue weighted by Crippen LogP contribution is -2.30. The molecule has 11 heteroatoms. The number of nitrogen functional groups attached to an aromatic ring is 1. The van der Waals surface area contributed by atoms with Crippen LogP contribution in [0.3, 0.4) is 0 Å². The monoisotopic (exact) mass is 453 g/mol. The fraction of sp³-hybridized carbons (Fsp3) is 0.227. The normalized spacial score (nSPS) is 12.3. The van der Waals surface area contributed by atoms with Gasteiger partial charge in [0.2, 0.25) is 0 Å². The van der Waals surface area contributed by atoms with Gasteiger partial charge in [-0.25, -0.2) is 18.6 Å². The molecular weight excluding hydrogens is 432 g/mol. The van der Waals surface area contributed by atoms with Crippen LogP contribution in [0.4, 0.5) is 19.4 Å². The number of benzene rings is 1. The number of amides is 1. The Morgan fingerprint density at radius 2 is 1.91 bits per heavy atom. The maximum Gasteiger partial charge on any atom is 0.405 e. The second-order valence-electron chi connectivity index (χ2n) is 7.84. The summed E-state index contributed by atoms with van der Waals surface area (Å²) in [5, 5.41) is 15.9. The van der Waals surface area contributed by atoms with Crippen LogP contribution in [0.25, 0.3) is 16.9 Å². The Labute approximate surface area is 187 Å². The number of carboxylic acid groups (broad SMARTS) is 1. The van der Waals surface area contributed by atoms with E-state index in [4.69, 9.17) is 5.73 Å². The van der Waals surface area contributed by atoms with Crippen molar-refractivity contribution in [3.63, 3.8) is 0 Å². The summed E-state index contributed by atoms with van der Waals surface area (Å²) in [6.45, 7) is 4.02. The minimum atomic E-state index is -1.34. The lowest BCUT2D eigenvalue weighted by Gasteiger charge is -2.21. The van der Waals surface area contributed by atoms with E-state index in [9.17, 15) is 18.7 Å². The molecule has 9 nitrogen and oxygen atoms in total. The van der Waals surface area contributed by atoms with E-state index in [0.717, 1.165) is 23.9 Å². The molecule has 3 heterocycles. The molecule has 0 saturated carbocycles. The van der Waals surface area contributed by atoms with Crippen LogP contribution in [0.5, 0.6) is 0 Å². The maximum absolute atomic E-state index is 13.8. The Kier molecular flexibility index (Phi) is 5.86. The number of carbonyl (C=O) groups is 1. The van der Waals surface area contributed by atoms with Crippen molar-refractivity contribution in [2.75, 3.05) is 5.73 Å². The Hall–Kier alpha value is -4.15. The number of fused-ring (bicyclic) bond motifs is 1. The third-order valence-electron chi connectivity index (χ3n) is 5.15. The Morgan fingerprint density at radius 1 is 1.18 bits per heavy atom. The molecule has 0 saturated heterocycles. The second kappa shape index (κ2) is 8.77. The predicted octanol–water partition coefficient (Wildman–Crippen LogP) is 3.72. The zero-order valence-electron chi connectivity index (χ0n) is 17.8. The zero-order chi connectivity index (χ0) is 23.7. The smallest absolute Gasteiger partial charge is 0.405 e. The van der Waals surface area contributed by atoms with E-state index in [1.54, 1.807) is 6.20 Å². The Morgan fingerprint density at radius 3 is 2.52 bits per heavy atom. The van der Waals surface area contributed by atoms with Crippen molar-refractivity contribution in [2.45, 2.75) is 32.2 Å². The van der Waals surface area contributed by atoms with Crippen molar-refractivity contribution < 1.29 is 18.7 Å². The number of nitrogens with two attached hydrogens (primary N) is 1. The Balaban J connectivity index is 1.90. The van der Waals surface area contributed by atoms with E-state index in [1.807, 2.05) is 26.0 Å². The number of hydrogen-bond donors (Lipinski definition) is 3. The molecule has 170 valence electrons. The average molecular weight is 453 g/mol. The van der Waals surface area contributed by atoms with Gasteiger partial charge in [-0.15, -0.1) is 0 Å². The summed E-state index contributed by atoms with van der Waals surface area (Å²) in [6, 6.07) is 5.68. The van der Waals surface area contributed by atoms with E-state index in [0.29, 0.717) is 11.1 Å². The quantitative estimate of drug-likeness (QED) is 0.405. The molecule has 0 aliphatic rings. The summed E-state index contributed by atoms with van der Waals surface area (Å²) in [4.78, 5) is 24.6. The number of nitrogens with zero attached hydrogens (tertiary/aromatic N) is 5. The van der Waals surface area contributed by atoms with Crippen molar-refractivity contribution in [1.82, 2.24) is 29.9 Å². The van der Waals surface area contributed by atoms with Crippen molar-refractivity contribution in [2.24, 2.45) is 0 Å². The van der Waals surface area contributed by atoms with Gasteiger partial charge in [-0.1, -0.05) is 19.9 Å². The minimum Gasteiger partial charge on any atom is -0.465 e. The molecule has 0 bridgehead atoms. The first kappa shape index (κ1) is 22.1. The maximum atomic E-state index is 13.8. The van der Waals surface area contributed by atoms with Gasteiger partial charge in [0, 0.05) is 29.1 Å². The van der Waals surface area contributed by atoms with Crippen LogP contribution in [-0.4, -0.2) is 35.8 Å². The van der Waals surface area contributed by atoms with E-state index >= 15 is 0 Å². The molecule has 3 aromatic heterocycles. The molecule has 1 atom stereocenters. The van der Waals surface area contributed by atoms with Gasteiger partial charge in [0.15, 0.2) is 0 Å². The summed E-state index contributed by atoms with van der Waals surface area (Å²) < 4.78 is 28.9. The standard InChI is InChI=1S/C22H21F2N7O2/c1-11(2)16-4-3-13(9-26-16)18-19(30-21-27-10-28-31(21)20(18)25)17(29-22(32)33)7-12-5-14(23)8-15(24)6-12/h3-6,8-11,17,29H,7,25H2,1-2H3,(H,32,33)/t17-/m0/s1. The summed E-state index contributed by atoms with van der Waals surface area (Å²) in [7, 11) is 0. The lowest BCUT2D eigenvalue weighted by atomic mass is 9.96.